The van der Waals surface area contributed by atoms with Crippen LogP contribution in [0, 0.1) is 11.3 Å². The summed E-state index contributed by atoms with van der Waals surface area (Å²) in [7, 11) is -3.55. The normalized spacial score (nSPS) is 15.9. The maximum absolute atomic E-state index is 13.1. The van der Waals surface area contributed by atoms with Crippen molar-refractivity contribution in [3.05, 3.63) is 29.8 Å². The lowest BCUT2D eigenvalue weighted by molar-refractivity contribution is 0.0362. The van der Waals surface area contributed by atoms with E-state index < -0.39 is 10.0 Å². The third-order valence-corrected chi connectivity index (χ3v) is 6.56. The molecule has 144 valence electrons. The molecule has 1 aliphatic heterocycles. The van der Waals surface area contributed by atoms with Crippen LogP contribution in [0.15, 0.2) is 29.2 Å². The van der Waals surface area contributed by atoms with E-state index in [1.54, 1.807) is 16.4 Å². The minimum atomic E-state index is -3.55. The fraction of sp³-hybridized carbons (Fsp3) is 0.632. The summed E-state index contributed by atoms with van der Waals surface area (Å²) in [6, 6.07) is 8.20. The highest BCUT2D eigenvalue weighted by atomic mass is 32.2. The van der Waals surface area contributed by atoms with Gasteiger partial charge in [0.15, 0.2) is 0 Å². The van der Waals surface area contributed by atoms with E-state index in [1.807, 2.05) is 6.07 Å². The Labute approximate surface area is 157 Å². The van der Waals surface area contributed by atoms with E-state index in [0.717, 1.165) is 38.8 Å². The Hall–Kier alpha value is -1.46. The fourth-order valence-corrected chi connectivity index (χ4v) is 4.46. The van der Waals surface area contributed by atoms with Crippen molar-refractivity contribution < 1.29 is 13.2 Å². The van der Waals surface area contributed by atoms with Crippen LogP contribution < -0.4 is 0 Å². The number of morpholine rings is 1. The quantitative estimate of drug-likeness (QED) is 0.584. The molecule has 1 heterocycles. The molecule has 0 aromatic heterocycles. The monoisotopic (exact) mass is 379 g/mol. The van der Waals surface area contributed by atoms with Gasteiger partial charge in [-0.3, -0.25) is 4.90 Å². The van der Waals surface area contributed by atoms with E-state index in [4.69, 9.17) is 10.00 Å². The van der Waals surface area contributed by atoms with Crippen LogP contribution in [0.4, 0.5) is 0 Å². The Morgan fingerprint density at radius 3 is 2.42 bits per heavy atom. The van der Waals surface area contributed by atoms with Gasteiger partial charge in [0.05, 0.1) is 29.7 Å². The van der Waals surface area contributed by atoms with E-state index >= 15 is 0 Å². The molecule has 0 N–H and O–H groups in total. The fourth-order valence-electron chi connectivity index (χ4n) is 3.00. The first-order chi connectivity index (χ1) is 12.6. The van der Waals surface area contributed by atoms with Gasteiger partial charge in [-0.15, -0.1) is 0 Å². The molecule has 0 aliphatic carbocycles. The predicted octanol–water partition coefficient (Wildman–Crippen LogP) is 2.46. The second kappa shape index (κ2) is 10.6. The van der Waals surface area contributed by atoms with Crippen LogP contribution in [0.1, 0.15) is 38.2 Å². The molecular formula is C19H29N3O3S. The second-order valence-corrected chi connectivity index (χ2v) is 8.49. The van der Waals surface area contributed by atoms with Gasteiger partial charge in [-0.05, 0) is 30.7 Å². The molecular weight excluding hydrogens is 350 g/mol. The molecule has 0 saturated carbocycles. The molecule has 1 fully saturated rings. The van der Waals surface area contributed by atoms with Gasteiger partial charge in [-0.2, -0.15) is 9.57 Å². The average molecular weight is 380 g/mol. The van der Waals surface area contributed by atoms with Crippen molar-refractivity contribution in [1.29, 1.82) is 5.26 Å². The van der Waals surface area contributed by atoms with Crippen molar-refractivity contribution in [3.8, 4) is 6.07 Å². The van der Waals surface area contributed by atoms with Crippen molar-refractivity contribution >= 4 is 10.0 Å². The summed E-state index contributed by atoms with van der Waals surface area (Å²) in [6.07, 6.45) is 4.14. The highest BCUT2D eigenvalue weighted by molar-refractivity contribution is 7.89. The molecule has 1 saturated heterocycles. The van der Waals surface area contributed by atoms with Crippen molar-refractivity contribution in [3.63, 3.8) is 0 Å². The number of hydrogen-bond acceptors (Lipinski definition) is 5. The second-order valence-electron chi connectivity index (χ2n) is 6.55. The molecule has 1 aliphatic rings. The Morgan fingerprint density at radius 2 is 1.81 bits per heavy atom. The lowest BCUT2D eigenvalue weighted by atomic mass is 10.2. The summed E-state index contributed by atoms with van der Waals surface area (Å²) in [5.74, 6) is 0. The van der Waals surface area contributed by atoms with E-state index in [0.29, 0.717) is 38.4 Å². The molecule has 7 heteroatoms. The molecule has 6 nitrogen and oxygen atoms in total. The van der Waals surface area contributed by atoms with Crippen molar-refractivity contribution in [2.45, 2.75) is 37.5 Å². The molecule has 0 radical (unpaired) electrons. The lowest BCUT2D eigenvalue weighted by Crippen LogP contribution is -2.43. The average Bonchev–Trinajstić information content (AvgIpc) is 2.68. The van der Waals surface area contributed by atoms with Crippen molar-refractivity contribution in [2.75, 3.05) is 45.9 Å². The van der Waals surface area contributed by atoms with Crippen LogP contribution in [0.25, 0.3) is 0 Å². The number of sulfonamides is 1. The van der Waals surface area contributed by atoms with Crippen LogP contribution in [0.3, 0.4) is 0 Å². The first-order valence-corrected chi connectivity index (χ1v) is 10.8. The highest BCUT2D eigenvalue weighted by Crippen LogP contribution is 2.18. The van der Waals surface area contributed by atoms with Crippen LogP contribution >= 0.6 is 0 Å². The molecule has 0 unspecified atom stereocenters. The van der Waals surface area contributed by atoms with Crippen LogP contribution in [0.2, 0.25) is 0 Å². The van der Waals surface area contributed by atoms with Crippen LogP contribution in [0.5, 0.6) is 0 Å². The summed E-state index contributed by atoms with van der Waals surface area (Å²) in [5, 5.41) is 8.91. The summed E-state index contributed by atoms with van der Waals surface area (Å²) >= 11 is 0. The van der Waals surface area contributed by atoms with Gasteiger partial charge < -0.3 is 4.74 Å². The Balaban J connectivity index is 2.07. The summed E-state index contributed by atoms with van der Waals surface area (Å²) in [5.41, 5.74) is 0.465. The smallest absolute Gasteiger partial charge is 0.243 e. The summed E-state index contributed by atoms with van der Waals surface area (Å²) < 4.78 is 33.1. The number of hydrogen-bond donors (Lipinski definition) is 0. The number of rotatable bonds is 10. The molecule has 1 aromatic carbocycles. The minimum absolute atomic E-state index is 0.258. The van der Waals surface area contributed by atoms with Crippen LogP contribution in [-0.4, -0.2) is 63.6 Å². The molecule has 26 heavy (non-hydrogen) atoms. The lowest BCUT2D eigenvalue weighted by Gasteiger charge is -2.29. The van der Waals surface area contributed by atoms with Gasteiger partial charge in [0, 0.05) is 32.7 Å². The zero-order valence-corrected chi connectivity index (χ0v) is 16.4. The van der Waals surface area contributed by atoms with Gasteiger partial charge in [-0.25, -0.2) is 8.42 Å². The SMILES string of the molecule is CCCCCCN(CCN1CCOCC1)S(=O)(=O)c1ccc(C#N)cc1. The molecule has 1 aromatic rings. The Morgan fingerprint density at radius 1 is 1.12 bits per heavy atom. The molecule has 0 spiro atoms. The molecule has 2 rings (SSSR count). The number of unbranched alkanes of at least 4 members (excludes halogenated alkanes) is 3. The maximum Gasteiger partial charge on any atom is 0.243 e. The number of nitriles is 1. The maximum atomic E-state index is 13.1. The molecule has 0 amide bonds. The first-order valence-electron chi connectivity index (χ1n) is 9.38. The standard InChI is InChI=1S/C19H29N3O3S/c1-2-3-4-5-10-22(12-11-21-13-15-25-16-14-21)26(23,24)19-8-6-18(17-20)7-9-19/h6-9H,2-5,10-16H2,1H3. The van der Waals surface area contributed by atoms with E-state index in [-0.39, 0.29) is 4.90 Å². The third kappa shape index (κ3) is 6.06. The topological polar surface area (TPSA) is 73.6 Å². The van der Waals surface area contributed by atoms with E-state index in [1.165, 1.54) is 12.1 Å². The summed E-state index contributed by atoms with van der Waals surface area (Å²) in [4.78, 5) is 2.51. The largest absolute Gasteiger partial charge is 0.379 e. The van der Waals surface area contributed by atoms with Gasteiger partial charge in [0.25, 0.3) is 0 Å². The van der Waals surface area contributed by atoms with Gasteiger partial charge >= 0.3 is 0 Å². The van der Waals surface area contributed by atoms with Crippen molar-refractivity contribution in [1.82, 2.24) is 9.21 Å². The zero-order chi connectivity index (χ0) is 18.8. The zero-order valence-electron chi connectivity index (χ0n) is 15.6. The van der Waals surface area contributed by atoms with E-state index in [2.05, 4.69) is 11.8 Å². The molecule has 0 bridgehead atoms. The number of nitrogens with zero attached hydrogens (tertiary/aromatic N) is 3. The van der Waals surface area contributed by atoms with Gasteiger partial charge in [0.1, 0.15) is 0 Å². The van der Waals surface area contributed by atoms with E-state index in [9.17, 15) is 8.42 Å². The summed E-state index contributed by atoms with van der Waals surface area (Å²) in [6.45, 7) is 6.98. The molecule has 0 atom stereocenters. The highest BCUT2D eigenvalue weighted by Gasteiger charge is 2.25. The Kier molecular flexibility index (Phi) is 8.52. The third-order valence-electron chi connectivity index (χ3n) is 4.65. The van der Waals surface area contributed by atoms with Crippen LogP contribution in [-0.2, 0) is 14.8 Å². The first kappa shape index (κ1) is 20.8. The minimum Gasteiger partial charge on any atom is -0.379 e. The van der Waals surface area contributed by atoms with Gasteiger partial charge in [-0.1, -0.05) is 26.2 Å². The van der Waals surface area contributed by atoms with Crippen molar-refractivity contribution in [2.24, 2.45) is 0 Å². The number of ether oxygens (including phenoxy) is 1. The Bertz CT molecular complexity index is 677. The number of benzene rings is 1. The van der Waals surface area contributed by atoms with Gasteiger partial charge in [0.2, 0.25) is 10.0 Å². The predicted molar refractivity (Wildman–Crippen MR) is 101 cm³/mol.